The summed E-state index contributed by atoms with van der Waals surface area (Å²) in [6, 6.07) is 14.8. The molecule has 0 bridgehead atoms. The number of anilines is 1. The number of rotatable bonds is 7. The van der Waals surface area contributed by atoms with Crippen molar-refractivity contribution in [1.82, 2.24) is 4.98 Å². The molecule has 3 rings (SSSR count). The van der Waals surface area contributed by atoms with Crippen LogP contribution in [0.1, 0.15) is 27.3 Å². The van der Waals surface area contributed by atoms with Gasteiger partial charge in [-0.25, -0.2) is 9.37 Å². The molecule has 1 amide bonds. The Kier molecular flexibility index (Phi) is 6.32. The first-order valence-electron chi connectivity index (χ1n) is 8.64. The Bertz CT molecular complexity index is 925. The zero-order valence-electron chi connectivity index (χ0n) is 15.3. The SMILES string of the molecule is Cc1cc(Cc2sc(NC(=O)COCc3ccccc3)nc2C)ccc1F. The van der Waals surface area contributed by atoms with E-state index in [1.165, 1.54) is 17.4 Å². The number of halogens is 1. The average molecular weight is 384 g/mol. The molecule has 0 aliphatic heterocycles. The summed E-state index contributed by atoms with van der Waals surface area (Å²) in [7, 11) is 0. The Morgan fingerprint density at radius 3 is 2.67 bits per heavy atom. The first-order valence-corrected chi connectivity index (χ1v) is 9.46. The van der Waals surface area contributed by atoms with Gasteiger partial charge in [0.05, 0.1) is 12.3 Å². The molecular weight excluding hydrogens is 363 g/mol. The Morgan fingerprint density at radius 2 is 1.93 bits per heavy atom. The van der Waals surface area contributed by atoms with Gasteiger partial charge in [-0.1, -0.05) is 42.5 Å². The molecule has 140 valence electrons. The summed E-state index contributed by atoms with van der Waals surface area (Å²) in [6.45, 7) is 4.02. The molecule has 1 aromatic heterocycles. The van der Waals surface area contributed by atoms with Crippen LogP contribution in [0.5, 0.6) is 0 Å². The number of benzene rings is 2. The zero-order valence-corrected chi connectivity index (χ0v) is 16.1. The van der Waals surface area contributed by atoms with Crippen molar-refractivity contribution >= 4 is 22.4 Å². The molecule has 0 unspecified atom stereocenters. The highest BCUT2D eigenvalue weighted by Crippen LogP contribution is 2.25. The maximum Gasteiger partial charge on any atom is 0.252 e. The third-order valence-corrected chi connectivity index (χ3v) is 5.14. The van der Waals surface area contributed by atoms with E-state index in [9.17, 15) is 9.18 Å². The number of nitrogens with zero attached hydrogens (tertiary/aromatic N) is 1. The summed E-state index contributed by atoms with van der Waals surface area (Å²) in [4.78, 5) is 17.5. The van der Waals surface area contributed by atoms with E-state index in [0.717, 1.165) is 21.7 Å². The van der Waals surface area contributed by atoms with Crippen LogP contribution in [0.2, 0.25) is 0 Å². The van der Waals surface area contributed by atoms with E-state index in [2.05, 4.69) is 10.3 Å². The van der Waals surface area contributed by atoms with Gasteiger partial charge in [-0.3, -0.25) is 10.1 Å². The highest BCUT2D eigenvalue weighted by Gasteiger charge is 2.12. The van der Waals surface area contributed by atoms with Crippen molar-refractivity contribution in [1.29, 1.82) is 0 Å². The Hall–Kier alpha value is -2.57. The Balaban J connectivity index is 1.54. The number of hydrogen-bond donors (Lipinski definition) is 1. The van der Waals surface area contributed by atoms with E-state index in [-0.39, 0.29) is 18.3 Å². The van der Waals surface area contributed by atoms with Crippen LogP contribution in [0.15, 0.2) is 48.5 Å². The lowest BCUT2D eigenvalue weighted by atomic mass is 10.1. The van der Waals surface area contributed by atoms with Crippen LogP contribution in [0.4, 0.5) is 9.52 Å². The van der Waals surface area contributed by atoms with Gasteiger partial charge in [0.15, 0.2) is 5.13 Å². The molecule has 0 aliphatic carbocycles. The van der Waals surface area contributed by atoms with Gasteiger partial charge in [-0.15, -0.1) is 11.3 Å². The van der Waals surface area contributed by atoms with Gasteiger partial charge in [0, 0.05) is 11.3 Å². The van der Waals surface area contributed by atoms with Gasteiger partial charge in [-0.2, -0.15) is 0 Å². The van der Waals surface area contributed by atoms with Crippen molar-refractivity contribution in [3.05, 3.63) is 81.6 Å². The normalized spacial score (nSPS) is 10.8. The van der Waals surface area contributed by atoms with E-state index in [0.29, 0.717) is 23.7 Å². The summed E-state index contributed by atoms with van der Waals surface area (Å²) >= 11 is 1.43. The molecule has 0 radical (unpaired) electrons. The van der Waals surface area contributed by atoms with E-state index < -0.39 is 0 Å². The van der Waals surface area contributed by atoms with Crippen molar-refractivity contribution in [2.45, 2.75) is 26.9 Å². The molecule has 0 aliphatic rings. The monoisotopic (exact) mass is 384 g/mol. The summed E-state index contributed by atoms with van der Waals surface area (Å²) in [6.07, 6.45) is 0.658. The van der Waals surface area contributed by atoms with E-state index >= 15 is 0 Å². The van der Waals surface area contributed by atoms with Crippen molar-refractivity contribution in [3.8, 4) is 0 Å². The number of hydrogen-bond acceptors (Lipinski definition) is 4. The predicted molar refractivity (Wildman–Crippen MR) is 106 cm³/mol. The van der Waals surface area contributed by atoms with Crippen molar-refractivity contribution in [2.75, 3.05) is 11.9 Å². The molecule has 0 atom stereocenters. The minimum absolute atomic E-state index is 0.0278. The number of nitrogens with one attached hydrogen (secondary N) is 1. The van der Waals surface area contributed by atoms with Crippen molar-refractivity contribution in [2.24, 2.45) is 0 Å². The highest BCUT2D eigenvalue weighted by atomic mass is 32.1. The average Bonchev–Trinajstić information content (AvgIpc) is 2.98. The summed E-state index contributed by atoms with van der Waals surface area (Å²) < 4.78 is 18.8. The maximum absolute atomic E-state index is 13.4. The van der Waals surface area contributed by atoms with Crippen LogP contribution < -0.4 is 5.32 Å². The third-order valence-electron chi connectivity index (χ3n) is 4.07. The second kappa shape index (κ2) is 8.88. The lowest BCUT2D eigenvalue weighted by Crippen LogP contribution is -2.18. The lowest BCUT2D eigenvalue weighted by molar-refractivity contribution is -0.121. The van der Waals surface area contributed by atoms with Crippen LogP contribution in [-0.2, 0) is 22.6 Å². The fourth-order valence-corrected chi connectivity index (χ4v) is 3.65. The number of amides is 1. The minimum atomic E-state index is -0.233. The standard InChI is InChI=1S/C21H21FN2O2S/c1-14-10-17(8-9-18(14)22)11-19-15(2)23-21(27-19)24-20(25)13-26-12-16-6-4-3-5-7-16/h3-10H,11-13H2,1-2H3,(H,23,24,25). The van der Waals surface area contributed by atoms with Gasteiger partial charge >= 0.3 is 0 Å². The highest BCUT2D eigenvalue weighted by molar-refractivity contribution is 7.15. The molecule has 27 heavy (non-hydrogen) atoms. The first kappa shape index (κ1) is 19.2. The summed E-state index contributed by atoms with van der Waals surface area (Å²) in [5, 5.41) is 3.33. The summed E-state index contributed by atoms with van der Waals surface area (Å²) in [5.41, 5.74) is 3.53. The second-order valence-electron chi connectivity index (χ2n) is 6.31. The predicted octanol–water partition coefficient (Wildman–Crippen LogP) is 4.65. The van der Waals surface area contributed by atoms with Gasteiger partial charge in [-0.05, 0) is 36.6 Å². The smallest absolute Gasteiger partial charge is 0.252 e. The Morgan fingerprint density at radius 1 is 1.15 bits per heavy atom. The fourth-order valence-electron chi connectivity index (χ4n) is 2.64. The largest absolute Gasteiger partial charge is 0.367 e. The van der Waals surface area contributed by atoms with Crippen LogP contribution in [0.3, 0.4) is 0 Å². The molecule has 1 heterocycles. The number of aryl methyl sites for hydroxylation is 2. The van der Waals surface area contributed by atoms with Crippen LogP contribution in [0.25, 0.3) is 0 Å². The second-order valence-corrected chi connectivity index (χ2v) is 7.40. The van der Waals surface area contributed by atoms with Crippen LogP contribution in [-0.4, -0.2) is 17.5 Å². The molecule has 0 fully saturated rings. The third kappa shape index (κ3) is 5.45. The molecule has 2 aromatic carbocycles. The number of aromatic nitrogens is 1. The summed E-state index contributed by atoms with van der Waals surface area (Å²) in [5.74, 6) is -0.438. The zero-order chi connectivity index (χ0) is 19.2. The molecule has 4 nitrogen and oxygen atoms in total. The van der Waals surface area contributed by atoms with Crippen molar-refractivity contribution < 1.29 is 13.9 Å². The molecule has 3 aromatic rings. The van der Waals surface area contributed by atoms with Gasteiger partial charge in [0.1, 0.15) is 12.4 Å². The van der Waals surface area contributed by atoms with Crippen LogP contribution in [0, 0.1) is 19.7 Å². The maximum atomic E-state index is 13.4. The molecule has 6 heteroatoms. The number of carbonyl (C=O) groups excluding carboxylic acids is 1. The van der Waals surface area contributed by atoms with Crippen molar-refractivity contribution in [3.63, 3.8) is 0 Å². The van der Waals surface area contributed by atoms with E-state index in [1.807, 2.05) is 43.3 Å². The molecule has 0 spiro atoms. The number of ether oxygens (including phenoxy) is 1. The molecule has 0 saturated carbocycles. The minimum Gasteiger partial charge on any atom is -0.367 e. The van der Waals surface area contributed by atoms with E-state index in [1.54, 1.807) is 13.0 Å². The van der Waals surface area contributed by atoms with Gasteiger partial charge in [0.2, 0.25) is 0 Å². The van der Waals surface area contributed by atoms with Gasteiger partial charge < -0.3 is 4.74 Å². The molecular formula is C21H21FN2O2S. The van der Waals surface area contributed by atoms with E-state index in [4.69, 9.17) is 4.74 Å². The molecule has 1 N–H and O–H groups in total. The lowest BCUT2D eigenvalue weighted by Gasteiger charge is -2.04. The topological polar surface area (TPSA) is 51.2 Å². The number of carbonyl (C=O) groups is 1. The molecule has 0 saturated heterocycles. The Labute approximate surface area is 162 Å². The fraction of sp³-hybridized carbons (Fsp3) is 0.238. The van der Waals surface area contributed by atoms with Gasteiger partial charge in [0.25, 0.3) is 5.91 Å². The quantitative estimate of drug-likeness (QED) is 0.645. The first-order chi connectivity index (χ1) is 13.0. The number of thiazole rings is 1. The van der Waals surface area contributed by atoms with Crippen LogP contribution >= 0.6 is 11.3 Å².